The number of nitrogens with zero attached hydrogens (tertiary/aromatic N) is 3. The number of fused-ring (bicyclic) bond motifs is 1. The van der Waals surface area contributed by atoms with Gasteiger partial charge in [-0.25, -0.2) is 4.98 Å². The van der Waals surface area contributed by atoms with Crippen LogP contribution in [0.4, 0.5) is 0 Å². The molecule has 8 rings (SSSR count). The zero-order valence-corrected chi connectivity index (χ0v) is 36.8. The molecule has 0 amide bonds. The van der Waals surface area contributed by atoms with Gasteiger partial charge in [-0.2, -0.15) is 0 Å². The molecule has 0 aliphatic rings. The molecule has 0 fully saturated rings. The van der Waals surface area contributed by atoms with Crippen molar-refractivity contribution < 1.29 is 26.2 Å². The van der Waals surface area contributed by atoms with Gasteiger partial charge in [0.25, 0.3) is 0 Å². The Bertz CT molecular complexity index is 2720. The second-order valence-corrected chi connectivity index (χ2v) is 17.7. The number of hydrogen-bond acceptors (Lipinski definition) is 3. The summed E-state index contributed by atoms with van der Waals surface area (Å²) in [6.45, 7) is 17.7. The van der Waals surface area contributed by atoms with Gasteiger partial charge in [0.2, 0.25) is 0 Å². The minimum absolute atomic E-state index is 0. The van der Waals surface area contributed by atoms with E-state index in [2.05, 4.69) is 187 Å². The molecule has 2 aromatic heterocycles. The third kappa shape index (κ3) is 7.71. The predicted octanol–water partition coefficient (Wildman–Crippen LogP) is 13.5. The van der Waals surface area contributed by atoms with Gasteiger partial charge in [-0.05, 0) is 63.4 Å². The summed E-state index contributed by atoms with van der Waals surface area (Å²) in [5, 5.41) is 12.2. The van der Waals surface area contributed by atoms with Crippen molar-refractivity contribution in [3.63, 3.8) is 0 Å². The van der Waals surface area contributed by atoms with Crippen molar-refractivity contribution in [1.29, 1.82) is 0 Å². The van der Waals surface area contributed by atoms with E-state index in [-0.39, 0.29) is 43.1 Å². The van der Waals surface area contributed by atoms with Gasteiger partial charge in [0.05, 0.1) is 16.6 Å². The number of rotatable bonds is 7. The summed E-state index contributed by atoms with van der Waals surface area (Å²) in [4.78, 5) is 10.4. The number of aromatic nitrogens is 3. The second kappa shape index (κ2) is 15.6. The van der Waals surface area contributed by atoms with Crippen molar-refractivity contribution in [2.75, 3.05) is 0 Å². The van der Waals surface area contributed by atoms with Crippen LogP contribution in [0, 0.1) is 6.07 Å². The molecule has 0 saturated heterocycles. The molecule has 0 radical (unpaired) electrons. The third-order valence-corrected chi connectivity index (χ3v) is 11.2. The largest absolute Gasteiger partial charge is 0.507 e. The van der Waals surface area contributed by atoms with Gasteiger partial charge in [-0.1, -0.05) is 170 Å². The molecule has 1 N–H and O–H groups in total. The normalized spacial score (nSPS) is 12.1. The summed E-state index contributed by atoms with van der Waals surface area (Å²) < 4.78 is 2.19. The third-order valence-electron chi connectivity index (χ3n) is 11.2. The number of phenols is 1. The number of phenolic OH excluding ortho intramolecular Hbond substituents is 1. The maximum absolute atomic E-state index is 12.2. The molecule has 58 heavy (non-hydrogen) atoms. The SMILES string of the molecule is CC(C)(C)c1cc(-c2nc3c(-c4[c-]c(-c5cc(-c6ccccc6)ccn5)cc(C(C)(C)c5ccccc5)c4)cccc3n2-c2ccccc2)c(O)c(C(C)(C)C)c1.[Pt]. The Kier molecular flexibility index (Phi) is 11.0. The van der Waals surface area contributed by atoms with Gasteiger partial charge in [0.1, 0.15) is 11.6 Å². The Morgan fingerprint density at radius 1 is 0.552 bits per heavy atom. The van der Waals surface area contributed by atoms with E-state index in [9.17, 15) is 5.11 Å². The topological polar surface area (TPSA) is 50.9 Å². The molecule has 0 unspecified atom stereocenters. The van der Waals surface area contributed by atoms with E-state index in [1.807, 2.05) is 30.5 Å². The molecule has 0 aliphatic carbocycles. The first-order valence-corrected chi connectivity index (χ1v) is 19.8. The van der Waals surface area contributed by atoms with E-state index in [1.54, 1.807) is 0 Å². The van der Waals surface area contributed by atoms with Crippen LogP contribution in [0.25, 0.3) is 61.6 Å². The molecule has 0 spiro atoms. The zero-order chi connectivity index (χ0) is 40.1. The first-order valence-electron chi connectivity index (χ1n) is 19.8. The van der Waals surface area contributed by atoms with E-state index < -0.39 is 0 Å². The molecule has 5 heteroatoms. The number of benzene rings is 6. The molecule has 0 atom stereocenters. The fourth-order valence-corrected chi connectivity index (χ4v) is 7.77. The van der Waals surface area contributed by atoms with Gasteiger partial charge in [0, 0.05) is 49.6 Å². The van der Waals surface area contributed by atoms with Crippen molar-refractivity contribution >= 4 is 11.0 Å². The molecule has 0 saturated carbocycles. The van der Waals surface area contributed by atoms with Crippen LogP contribution < -0.4 is 0 Å². The van der Waals surface area contributed by atoms with Crippen LogP contribution in [0.1, 0.15) is 77.6 Å². The number of para-hydroxylation sites is 2. The molecule has 2 heterocycles. The van der Waals surface area contributed by atoms with Gasteiger partial charge >= 0.3 is 0 Å². The molecule has 294 valence electrons. The Morgan fingerprint density at radius 3 is 1.84 bits per heavy atom. The van der Waals surface area contributed by atoms with Crippen molar-refractivity contribution in [3.8, 4) is 56.3 Å². The summed E-state index contributed by atoms with van der Waals surface area (Å²) in [7, 11) is 0. The van der Waals surface area contributed by atoms with Crippen molar-refractivity contribution in [1.82, 2.24) is 14.5 Å². The van der Waals surface area contributed by atoms with Crippen molar-refractivity contribution in [3.05, 3.63) is 180 Å². The van der Waals surface area contributed by atoms with Crippen LogP contribution in [-0.4, -0.2) is 19.6 Å². The predicted molar refractivity (Wildman–Crippen MR) is 237 cm³/mol. The molecule has 0 bridgehead atoms. The smallest absolute Gasteiger partial charge is 0.148 e. The molecule has 0 aliphatic heterocycles. The van der Waals surface area contributed by atoms with E-state index in [0.717, 1.165) is 66.9 Å². The fourth-order valence-electron chi connectivity index (χ4n) is 7.77. The van der Waals surface area contributed by atoms with Crippen molar-refractivity contribution in [2.24, 2.45) is 0 Å². The van der Waals surface area contributed by atoms with Crippen molar-refractivity contribution in [2.45, 2.75) is 71.6 Å². The Labute approximate surface area is 358 Å². The molecular formula is C53H50N3OPt-. The summed E-state index contributed by atoms with van der Waals surface area (Å²) in [6, 6.07) is 54.6. The standard InChI is InChI=1S/C53H50N3O.Pt/c1-51(2,3)40-33-44(49(57)45(34-40)52(4,5)6)50-55-48-43(25-18-26-47(48)56(50)42-23-16-11-17-24-42)37-29-38(31-41(30-37)53(7,8)39-21-14-10-15-22-39)46-32-36(27-28-54-46)35-19-12-9-13-20-35;/h9-28,30-34,57H,1-8H3;/q-1;. The molecule has 8 aromatic rings. The van der Waals surface area contributed by atoms with Crippen LogP contribution in [-0.2, 0) is 37.3 Å². The van der Waals surface area contributed by atoms with Crippen LogP contribution >= 0.6 is 0 Å². The number of pyridine rings is 1. The summed E-state index contributed by atoms with van der Waals surface area (Å²) in [5.41, 5.74) is 13.0. The average Bonchev–Trinajstić information content (AvgIpc) is 3.60. The van der Waals surface area contributed by atoms with Gasteiger partial charge in [-0.15, -0.1) is 29.3 Å². The fraction of sp³-hybridized carbons (Fsp3) is 0.208. The van der Waals surface area contributed by atoms with Gasteiger partial charge < -0.3 is 5.11 Å². The first-order chi connectivity index (χ1) is 27.2. The van der Waals surface area contributed by atoms with Crippen LogP contribution in [0.2, 0.25) is 0 Å². The average molecular weight is 940 g/mol. The Morgan fingerprint density at radius 2 is 1.19 bits per heavy atom. The van der Waals surface area contributed by atoms with Crippen LogP contribution in [0.3, 0.4) is 0 Å². The van der Waals surface area contributed by atoms with Gasteiger partial charge in [-0.3, -0.25) is 9.55 Å². The molecule has 6 aromatic carbocycles. The maximum atomic E-state index is 12.2. The monoisotopic (exact) mass is 939 g/mol. The van der Waals surface area contributed by atoms with E-state index in [1.165, 1.54) is 5.56 Å². The Hall–Kier alpha value is -5.57. The minimum atomic E-state index is -0.331. The zero-order valence-electron chi connectivity index (χ0n) is 34.5. The van der Waals surface area contributed by atoms with Crippen LogP contribution in [0.5, 0.6) is 5.75 Å². The number of aromatic hydroxyl groups is 1. The van der Waals surface area contributed by atoms with E-state index in [0.29, 0.717) is 11.4 Å². The van der Waals surface area contributed by atoms with E-state index in [4.69, 9.17) is 9.97 Å². The maximum Gasteiger partial charge on any atom is 0.148 e. The minimum Gasteiger partial charge on any atom is -0.507 e. The number of hydrogen-bond donors (Lipinski definition) is 1. The molecular weight excluding hydrogens is 890 g/mol. The summed E-state index contributed by atoms with van der Waals surface area (Å²) in [5.74, 6) is 0.949. The van der Waals surface area contributed by atoms with E-state index >= 15 is 0 Å². The number of imidazole rings is 1. The Balaban J connectivity index is 0.00000512. The quantitative estimate of drug-likeness (QED) is 0.162. The summed E-state index contributed by atoms with van der Waals surface area (Å²) in [6.07, 6.45) is 1.89. The molecule has 4 nitrogen and oxygen atoms in total. The second-order valence-electron chi connectivity index (χ2n) is 17.7. The summed E-state index contributed by atoms with van der Waals surface area (Å²) >= 11 is 0. The first kappa shape index (κ1) is 40.6. The van der Waals surface area contributed by atoms with Gasteiger partial charge in [0.15, 0.2) is 0 Å². The van der Waals surface area contributed by atoms with Crippen LogP contribution in [0.15, 0.2) is 152 Å².